The average molecular weight is 339 g/mol. The minimum absolute atomic E-state index is 0.0564. The van der Waals surface area contributed by atoms with Crippen molar-refractivity contribution in [1.82, 2.24) is 0 Å². The molecule has 0 saturated carbocycles. The maximum absolute atomic E-state index is 5.80. The molecule has 17 heavy (non-hydrogen) atoms. The molecule has 0 aliphatic heterocycles. The maximum Gasteiger partial charge on any atom is 0.140 e. The first-order valence-corrected chi connectivity index (χ1v) is 6.52. The van der Waals surface area contributed by atoms with Crippen LogP contribution in [0.2, 0.25) is 0 Å². The molecule has 0 heterocycles. The lowest BCUT2D eigenvalue weighted by Crippen LogP contribution is -2.04. The quantitative estimate of drug-likeness (QED) is 0.855. The first-order valence-electron chi connectivity index (χ1n) is 5.45. The summed E-state index contributed by atoms with van der Waals surface area (Å²) in [5.74, 6) is 1.71. The fraction of sp³-hybridized carbons (Fsp3) is 0.143. The van der Waals surface area contributed by atoms with Gasteiger partial charge in [-0.15, -0.1) is 0 Å². The highest BCUT2D eigenvalue weighted by atomic mass is 127. The summed E-state index contributed by atoms with van der Waals surface area (Å²) < 4.78 is 6.89. The molecule has 88 valence electrons. The van der Waals surface area contributed by atoms with Gasteiger partial charge in [0.1, 0.15) is 11.5 Å². The molecular formula is C14H14INO. The fourth-order valence-electron chi connectivity index (χ4n) is 1.49. The van der Waals surface area contributed by atoms with E-state index in [0.29, 0.717) is 0 Å². The molecular weight excluding hydrogens is 325 g/mol. The molecule has 2 N–H and O–H groups in total. The monoisotopic (exact) mass is 339 g/mol. The van der Waals surface area contributed by atoms with Crippen LogP contribution in [-0.2, 0) is 0 Å². The second-order valence-electron chi connectivity index (χ2n) is 3.89. The Morgan fingerprint density at radius 1 is 1.06 bits per heavy atom. The Balaban J connectivity index is 2.17. The fourth-order valence-corrected chi connectivity index (χ4v) is 1.99. The number of hydrogen-bond acceptors (Lipinski definition) is 2. The molecule has 0 aromatic heterocycles. The van der Waals surface area contributed by atoms with E-state index in [9.17, 15) is 0 Å². The van der Waals surface area contributed by atoms with Gasteiger partial charge in [0.05, 0.1) is 3.57 Å². The zero-order valence-corrected chi connectivity index (χ0v) is 11.7. The van der Waals surface area contributed by atoms with Crippen molar-refractivity contribution in [3.8, 4) is 11.5 Å². The third-order valence-corrected chi connectivity index (χ3v) is 3.36. The van der Waals surface area contributed by atoms with Gasteiger partial charge in [0.15, 0.2) is 0 Å². The molecule has 0 bridgehead atoms. The van der Waals surface area contributed by atoms with E-state index in [2.05, 4.69) is 22.6 Å². The number of para-hydroxylation sites is 1. The van der Waals surface area contributed by atoms with Gasteiger partial charge in [0.25, 0.3) is 0 Å². The van der Waals surface area contributed by atoms with Gasteiger partial charge in [-0.25, -0.2) is 0 Å². The van der Waals surface area contributed by atoms with Gasteiger partial charge < -0.3 is 10.5 Å². The molecule has 0 aliphatic carbocycles. The molecule has 1 atom stereocenters. The molecule has 2 rings (SSSR count). The van der Waals surface area contributed by atoms with Crippen molar-refractivity contribution in [2.24, 2.45) is 5.73 Å². The number of nitrogens with two attached hydrogens (primary N) is 1. The lowest BCUT2D eigenvalue weighted by molar-refractivity contribution is 0.479. The molecule has 3 heteroatoms. The van der Waals surface area contributed by atoms with E-state index in [1.165, 1.54) is 0 Å². The Labute approximate surface area is 115 Å². The van der Waals surface area contributed by atoms with Crippen LogP contribution in [0.15, 0.2) is 48.5 Å². The summed E-state index contributed by atoms with van der Waals surface area (Å²) in [5.41, 5.74) is 6.91. The molecule has 0 radical (unpaired) electrons. The predicted octanol–water partition coefficient (Wildman–Crippen LogP) is 4.10. The number of ether oxygens (including phenoxy) is 1. The van der Waals surface area contributed by atoms with Gasteiger partial charge in [-0.05, 0) is 59.3 Å². The van der Waals surface area contributed by atoms with E-state index in [-0.39, 0.29) is 6.04 Å². The second-order valence-corrected chi connectivity index (χ2v) is 5.05. The first kappa shape index (κ1) is 12.4. The van der Waals surface area contributed by atoms with Crippen LogP contribution in [0.25, 0.3) is 0 Å². The molecule has 2 aromatic carbocycles. The van der Waals surface area contributed by atoms with E-state index >= 15 is 0 Å². The maximum atomic E-state index is 5.80. The van der Waals surface area contributed by atoms with Crippen LogP contribution < -0.4 is 10.5 Å². The minimum atomic E-state index is 0.0564. The van der Waals surface area contributed by atoms with Crippen molar-refractivity contribution < 1.29 is 4.74 Å². The number of rotatable bonds is 3. The highest BCUT2D eigenvalue weighted by Gasteiger charge is 2.03. The molecule has 0 amide bonds. The van der Waals surface area contributed by atoms with Gasteiger partial charge in [0, 0.05) is 6.04 Å². The number of benzene rings is 2. The molecule has 0 saturated heterocycles. The van der Waals surface area contributed by atoms with Crippen molar-refractivity contribution in [3.05, 3.63) is 57.7 Å². The van der Waals surface area contributed by atoms with E-state index < -0.39 is 0 Å². The van der Waals surface area contributed by atoms with Gasteiger partial charge in [-0.2, -0.15) is 0 Å². The van der Waals surface area contributed by atoms with Crippen LogP contribution >= 0.6 is 22.6 Å². The Hall–Kier alpha value is -1.07. The zero-order valence-electron chi connectivity index (χ0n) is 9.56. The van der Waals surface area contributed by atoms with Crippen LogP contribution in [-0.4, -0.2) is 0 Å². The topological polar surface area (TPSA) is 35.2 Å². The minimum Gasteiger partial charge on any atom is -0.456 e. The zero-order chi connectivity index (χ0) is 12.3. The average Bonchev–Trinajstić information content (AvgIpc) is 2.33. The molecule has 2 aromatic rings. The summed E-state index contributed by atoms with van der Waals surface area (Å²) in [6, 6.07) is 15.9. The largest absolute Gasteiger partial charge is 0.456 e. The summed E-state index contributed by atoms with van der Waals surface area (Å²) >= 11 is 2.26. The molecule has 2 nitrogen and oxygen atoms in total. The van der Waals surface area contributed by atoms with E-state index in [1.54, 1.807) is 0 Å². The predicted molar refractivity (Wildman–Crippen MR) is 78.3 cm³/mol. The number of halogens is 1. The van der Waals surface area contributed by atoms with Crippen LogP contribution in [0, 0.1) is 3.57 Å². The lowest BCUT2D eigenvalue weighted by atomic mass is 10.1. The molecule has 0 aliphatic rings. The molecule has 0 spiro atoms. The van der Waals surface area contributed by atoms with Crippen molar-refractivity contribution in [2.75, 3.05) is 0 Å². The lowest BCUT2D eigenvalue weighted by Gasteiger charge is -2.09. The normalized spacial score (nSPS) is 12.2. The Kier molecular flexibility index (Phi) is 4.02. The van der Waals surface area contributed by atoms with Crippen molar-refractivity contribution >= 4 is 22.6 Å². The van der Waals surface area contributed by atoms with Crippen LogP contribution in [0.4, 0.5) is 0 Å². The Morgan fingerprint density at radius 2 is 1.71 bits per heavy atom. The second kappa shape index (κ2) is 5.51. The smallest absolute Gasteiger partial charge is 0.140 e. The first-order chi connectivity index (χ1) is 8.16. The highest BCUT2D eigenvalue weighted by molar-refractivity contribution is 14.1. The Morgan fingerprint density at radius 3 is 2.29 bits per heavy atom. The van der Waals surface area contributed by atoms with Crippen LogP contribution in [0.5, 0.6) is 11.5 Å². The summed E-state index contributed by atoms with van der Waals surface area (Å²) in [6.07, 6.45) is 0. The van der Waals surface area contributed by atoms with Crippen LogP contribution in [0.1, 0.15) is 18.5 Å². The SMILES string of the molecule is CC(N)c1ccc(Oc2ccccc2I)cc1. The van der Waals surface area contributed by atoms with Crippen LogP contribution in [0.3, 0.4) is 0 Å². The van der Waals surface area contributed by atoms with E-state index in [0.717, 1.165) is 20.6 Å². The van der Waals surface area contributed by atoms with Crippen molar-refractivity contribution in [3.63, 3.8) is 0 Å². The van der Waals surface area contributed by atoms with Crippen molar-refractivity contribution in [2.45, 2.75) is 13.0 Å². The van der Waals surface area contributed by atoms with Gasteiger partial charge >= 0.3 is 0 Å². The van der Waals surface area contributed by atoms with E-state index in [4.69, 9.17) is 10.5 Å². The van der Waals surface area contributed by atoms with Gasteiger partial charge in [-0.1, -0.05) is 24.3 Å². The molecule has 0 fully saturated rings. The van der Waals surface area contributed by atoms with Gasteiger partial charge in [-0.3, -0.25) is 0 Å². The third-order valence-electron chi connectivity index (χ3n) is 2.47. The number of hydrogen-bond donors (Lipinski definition) is 1. The third kappa shape index (κ3) is 3.20. The van der Waals surface area contributed by atoms with Crippen molar-refractivity contribution in [1.29, 1.82) is 0 Å². The summed E-state index contributed by atoms with van der Waals surface area (Å²) in [6.45, 7) is 1.97. The highest BCUT2D eigenvalue weighted by Crippen LogP contribution is 2.26. The van der Waals surface area contributed by atoms with Gasteiger partial charge in [0.2, 0.25) is 0 Å². The summed E-state index contributed by atoms with van der Waals surface area (Å²) in [5, 5.41) is 0. The standard InChI is InChI=1S/C14H14INO/c1-10(16)11-6-8-12(9-7-11)17-14-5-3-2-4-13(14)15/h2-10H,16H2,1H3. The molecule has 1 unspecified atom stereocenters. The summed E-state index contributed by atoms with van der Waals surface area (Å²) in [7, 11) is 0. The summed E-state index contributed by atoms with van der Waals surface area (Å²) in [4.78, 5) is 0. The van der Waals surface area contributed by atoms with E-state index in [1.807, 2.05) is 55.5 Å². The Bertz CT molecular complexity index is 494.